The molecule has 2 nitrogen and oxygen atoms in total. The van der Waals surface area contributed by atoms with Gasteiger partial charge in [0.15, 0.2) is 17.5 Å². The Hall–Kier alpha value is -2.01. The van der Waals surface area contributed by atoms with Crippen molar-refractivity contribution in [1.82, 2.24) is 0 Å². The molecule has 0 aliphatic heterocycles. The van der Waals surface area contributed by atoms with Crippen molar-refractivity contribution in [2.75, 3.05) is 0 Å². The van der Waals surface area contributed by atoms with Crippen LogP contribution in [0.3, 0.4) is 0 Å². The van der Waals surface area contributed by atoms with Gasteiger partial charge in [-0.2, -0.15) is 0 Å². The third kappa shape index (κ3) is 2.88. The Labute approximate surface area is 120 Å². The first kappa shape index (κ1) is 13.9. The van der Waals surface area contributed by atoms with Gasteiger partial charge in [0.25, 0.3) is 0 Å². The molecule has 1 aliphatic rings. The summed E-state index contributed by atoms with van der Waals surface area (Å²) in [4.78, 5) is 0. The average Bonchev–Trinajstić information content (AvgIpc) is 3.29. The summed E-state index contributed by atoms with van der Waals surface area (Å²) < 4.78 is 45.5. The van der Waals surface area contributed by atoms with Crippen LogP contribution in [0.25, 0.3) is 0 Å². The van der Waals surface area contributed by atoms with E-state index in [9.17, 15) is 13.2 Å². The molecule has 1 unspecified atom stereocenters. The van der Waals surface area contributed by atoms with Gasteiger partial charge in [-0.15, -0.1) is 0 Å². The van der Waals surface area contributed by atoms with E-state index in [2.05, 4.69) is 0 Å². The van der Waals surface area contributed by atoms with Crippen molar-refractivity contribution in [2.45, 2.75) is 25.0 Å². The summed E-state index contributed by atoms with van der Waals surface area (Å²) in [6.07, 6.45) is 2.40. The molecule has 3 rings (SSSR count). The quantitative estimate of drug-likeness (QED) is 0.873. The molecule has 2 N–H and O–H groups in total. The zero-order chi connectivity index (χ0) is 15.0. The Balaban J connectivity index is 1.84. The molecule has 5 heteroatoms. The lowest BCUT2D eigenvalue weighted by Crippen LogP contribution is -2.15. The van der Waals surface area contributed by atoms with E-state index in [0.29, 0.717) is 5.56 Å². The number of ether oxygens (including phenoxy) is 1. The molecule has 21 heavy (non-hydrogen) atoms. The molecule has 2 aromatic rings. The predicted octanol–water partition coefficient (Wildman–Crippen LogP) is 3.69. The number of hydrogen-bond donors (Lipinski definition) is 1. The fourth-order valence-corrected chi connectivity index (χ4v) is 2.09. The summed E-state index contributed by atoms with van der Waals surface area (Å²) in [6, 6.07) is 8.05. The molecule has 1 saturated carbocycles. The largest absolute Gasteiger partial charge is 0.490 e. The van der Waals surface area contributed by atoms with Crippen LogP contribution in [0.1, 0.15) is 30.0 Å². The van der Waals surface area contributed by atoms with Crippen molar-refractivity contribution in [2.24, 2.45) is 5.73 Å². The van der Waals surface area contributed by atoms with Gasteiger partial charge in [-0.3, -0.25) is 0 Å². The Kier molecular flexibility index (Phi) is 3.59. The molecule has 0 radical (unpaired) electrons. The van der Waals surface area contributed by atoms with E-state index >= 15 is 0 Å². The van der Waals surface area contributed by atoms with Gasteiger partial charge in [0, 0.05) is 5.56 Å². The Morgan fingerprint density at radius 2 is 1.62 bits per heavy atom. The highest BCUT2D eigenvalue weighted by Crippen LogP contribution is 2.29. The summed E-state index contributed by atoms with van der Waals surface area (Å²) in [5.74, 6) is -3.26. The van der Waals surface area contributed by atoms with Crippen molar-refractivity contribution < 1.29 is 17.9 Å². The lowest BCUT2D eigenvalue weighted by Gasteiger charge is -2.15. The van der Waals surface area contributed by atoms with Gasteiger partial charge in [-0.05, 0) is 36.6 Å². The number of halogens is 3. The molecule has 1 fully saturated rings. The first-order valence-electron chi connectivity index (χ1n) is 6.72. The second-order valence-corrected chi connectivity index (χ2v) is 5.13. The average molecular weight is 293 g/mol. The van der Waals surface area contributed by atoms with E-state index in [1.165, 1.54) is 0 Å². The van der Waals surface area contributed by atoms with E-state index in [1.807, 2.05) is 0 Å². The lowest BCUT2D eigenvalue weighted by atomic mass is 9.99. The van der Waals surface area contributed by atoms with Crippen molar-refractivity contribution in [3.63, 3.8) is 0 Å². The van der Waals surface area contributed by atoms with Gasteiger partial charge in [-0.25, -0.2) is 13.2 Å². The molecule has 0 saturated heterocycles. The van der Waals surface area contributed by atoms with Gasteiger partial charge >= 0.3 is 0 Å². The van der Waals surface area contributed by atoms with Crippen LogP contribution in [0.2, 0.25) is 0 Å². The van der Waals surface area contributed by atoms with Crippen molar-refractivity contribution in [1.29, 1.82) is 0 Å². The fraction of sp³-hybridized carbons (Fsp3) is 0.250. The molecular formula is C16H14F3NO. The monoisotopic (exact) mass is 293 g/mol. The Morgan fingerprint density at radius 1 is 0.952 bits per heavy atom. The van der Waals surface area contributed by atoms with Crippen LogP contribution in [-0.2, 0) is 0 Å². The van der Waals surface area contributed by atoms with Crippen molar-refractivity contribution in [3.05, 3.63) is 65.0 Å². The van der Waals surface area contributed by atoms with E-state index in [4.69, 9.17) is 10.5 Å². The molecular weight excluding hydrogens is 279 g/mol. The van der Waals surface area contributed by atoms with Gasteiger partial charge in [-0.1, -0.05) is 18.2 Å². The maximum absolute atomic E-state index is 13.7. The van der Waals surface area contributed by atoms with Crippen molar-refractivity contribution >= 4 is 0 Å². The second kappa shape index (κ2) is 5.41. The summed E-state index contributed by atoms with van der Waals surface area (Å²) in [5, 5.41) is 0. The summed E-state index contributed by atoms with van der Waals surface area (Å²) >= 11 is 0. The van der Waals surface area contributed by atoms with Crippen LogP contribution in [0.4, 0.5) is 13.2 Å². The maximum atomic E-state index is 13.7. The molecule has 0 heterocycles. The lowest BCUT2D eigenvalue weighted by molar-refractivity contribution is 0.303. The maximum Gasteiger partial charge on any atom is 0.194 e. The van der Waals surface area contributed by atoms with Crippen LogP contribution in [0.5, 0.6) is 5.75 Å². The minimum absolute atomic E-state index is 0.0789. The minimum Gasteiger partial charge on any atom is -0.490 e. The molecule has 0 spiro atoms. The molecule has 1 atom stereocenters. The van der Waals surface area contributed by atoms with Crippen LogP contribution in [0.15, 0.2) is 36.4 Å². The number of rotatable bonds is 4. The highest BCUT2D eigenvalue weighted by molar-refractivity contribution is 5.36. The first-order chi connectivity index (χ1) is 10.1. The fourth-order valence-electron chi connectivity index (χ4n) is 2.09. The molecule has 110 valence electrons. The smallest absolute Gasteiger partial charge is 0.194 e. The van der Waals surface area contributed by atoms with Gasteiger partial charge in [0.1, 0.15) is 5.75 Å². The van der Waals surface area contributed by atoms with Gasteiger partial charge in [0.05, 0.1) is 12.1 Å². The highest BCUT2D eigenvalue weighted by atomic mass is 19.2. The van der Waals surface area contributed by atoms with Gasteiger partial charge in [0.2, 0.25) is 0 Å². The number of hydrogen-bond acceptors (Lipinski definition) is 2. The van der Waals surface area contributed by atoms with E-state index in [0.717, 1.165) is 30.7 Å². The zero-order valence-corrected chi connectivity index (χ0v) is 11.2. The summed E-state index contributed by atoms with van der Waals surface area (Å²) in [7, 11) is 0. The summed E-state index contributed by atoms with van der Waals surface area (Å²) in [5.41, 5.74) is 6.45. The third-order valence-electron chi connectivity index (χ3n) is 3.47. The summed E-state index contributed by atoms with van der Waals surface area (Å²) in [6.45, 7) is 0. The van der Waals surface area contributed by atoms with Crippen LogP contribution in [0, 0.1) is 17.5 Å². The van der Waals surface area contributed by atoms with Gasteiger partial charge < -0.3 is 10.5 Å². The van der Waals surface area contributed by atoms with E-state index < -0.39 is 23.5 Å². The second-order valence-electron chi connectivity index (χ2n) is 5.13. The van der Waals surface area contributed by atoms with Crippen LogP contribution >= 0.6 is 0 Å². The van der Waals surface area contributed by atoms with Crippen LogP contribution < -0.4 is 10.5 Å². The molecule has 0 bridgehead atoms. The van der Waals surface area contributed by atoms with Crippen molar-refractivity contribution in [3.8, 4) is 5.75 Å². The molecule has 1 aliphatic carbocycles. The third-order valence-corrected chi connectivity index (χ3v) is 3.47. The van der Waals surface area contributed by atoms with E-state index in [1.54, 1.807) is 24.3 Å². The Bertz CT molecular complexity index is 653. The predicted molar refractivity (Wildman–Crippen MR) is 72.4 cm³/mol. The minimum atomic E-state index is -1.50. The topological polar surface area (TPSA) is 35.2 Å². The molecule has 2 aromatic carbocycles. The highest BCUT2D eigenvalue weighted by Gasteiger charge is 2.24. The van der Waals surface area contributed by atoms with E-state index in [-0.39, 0.29) is 11.7 Å². The Morgan fingerprint density at radius 3 is 2.24 bits per heavy atom. The zero-order valence-electron chi connectivity index (χ0n) is 11.2. The SMILES string of the molecule is NC(c1ccc(OC2CC2)cc1)c1ccc(F)c(F)c1F. The van der Waals surface area contributed by atoms with Crippen LogP contribution in [-0.4, -0.2) is 6.10 Å². The standard InChI is InChI=1S/C16H14F3NO/c17-13-8-7-12(14(18)15(13)19)16(20)9-1-3-10(4-2-9)21-11-5-6-11/h1-4,7-8,11,16H,5-6,20H2. The first-order valence-corrected chi connectivity index (χ1v) is 6.72. The molecule has 0 amide bonds. The normalized spacial score (nSPS) is 15.8. The molecule has 0 aromatic heterocycles. The number of nitrogens with two attached hydrogens (primary N) is 1. The number of benzene rings is 2.